The maximum absolute atomic E-state index is 13.7. The molecule has 2 aromatic heterocycles. The van der Waals surface area contributed by atoms with Gasteiger partial charge in [0.2, 0.25) is 0 Å². The minimum Gasteiger partial charge on any atom is -0.306 e. The van der Waals surface area contributed by atoms with E-state index in [0.717, 1.165) is 29.4 Å². The zero-order valence-corrected chi connectivity index (χ0v) is 9.69. The highest BCUT2D eigenvalue weighted by molar-refractivity contribution is 5.64. The number of aryl methyl sites for hydroxylation is 1. The van der Waals surface area contributed by atoms with Gasteiger partial charge in [-0.15, -0.1) is 0 Å². The average Bonchev–Trinajstić information content (AvgIpc) is 2.77. The number of hydrogen-bond donors (Lipinski definition) is 0. The Kier molecular flexibility index (Phi) is 2.37. The summed E-state index contributed by atoms with van der Waals surface area (Å²) >= 11 is 0. The van der Waals surface area contributed by atoms with Gasteiger partial charge in [0.25, 0.3) is 0 Å². The van der Waals surface area contributed by atoms with Crippen LogP contribution in [-0.2, 0) is 0 Å². The van der Waals surface area contributed by atoms with Gasteiger partial charge in [-0.25, -0.2) is 13.8 Å². The summed E-state index contributed by atoms with van der Waals surface area (Å²) < 4.78 is 28.6. The number of aromatic nitrogens is 2. The van der Waals surface area contributed by atoms with Crippen LogP contribution in [0.25, 0.3) is 16.9 Å². The molecule has 0 aliphatic rings. The van der Waals surface area contributed by atoms with Crippen LogP contribution in [0.3, 0.4) is 0 Å². The summed E-state index contributed by atoms with van der Waals surface area (Å²) in [6.45, 7) is 1.92. The second kappa shape index (κ2) is 3.91. The maximum Gasteiger partial charge on any atom is 0.140 e. The molecule has 0 aliphatic carbocycles. The quantitative estimate of drug-likeness (QED) is 0.639. The minimum atomic E-state index is -0.475. The molecule has 18 heavy (non-hydrogen) atoms. The van der Waals surface area contributed by atoms with Crippen molar-refractivity contribution in [2.45, 2.75) is 6.92 Å². The lowest BCUT2D eigenvalue weighted by Crippen LogP contribution is -1.86. The van der Waals surface area contributed by atoms with Gasteiger partial charge in [0, 0.05) is 18.0 Å². The first-order valence-corrected chi connectivity index (χ1v) is 5.55. The molecule has 0 amide bonds. The van der Waals surface area contributed by atoms with Gasteiger partial charge >= 0.3 is 0 Å². The van der Waals surface area contributed by atoms with Gasteiger partial charge in [-0.2, -0.15) is 0 Å². The average molecular weight is 244 g/mol. The van der Waals surface area contributed by atoms with E-state index in [4.69, 9.17) is 0 Å². The van der Waals surface area contributed by atoms with E-state index in [1.807, 2.05) is 25.3 Å². The lowest BCUT2D eigenvalue weighted by Gasteiger charge is -1.98. The van der Waals surface area contributed by atoms with Crippen LogP contribution in [0.1, 0.15) is 5.56 Å². The molecular formula is C14H10F2N2. The summed E-state index contributed by atoms with van der Waals surface area (Å²) in [6, 6.07) is 7.18. The molecule has 0 unspecified atom stereocenters. The molecule has 3 rings (SSSR count). The van der Waals surface area contributed by atoms with Crippen LogP contribution in [-0.4, -0.2) is 9.38 Å². The van der Waals surface area contributed by atoms with Crippen LogP contribution in [0, 0.1) is 18.6 Å². The van der Waals surface area contributed by atoms with Crippen molar-refractivity contribution in [1.82, 2.24) is 9.38 Å². The van der Waals surface area contributed by atoms with Crippen LogP contribution in [0.5, 0.6) is 0 Å². The van der Waals surface area contributed by atoms with Gasteiger partial charge in [0.05, 0.1) is 5.69 Å². The molecule has 0 fully saturated rings. The normalized spacial score (nSPS) is 11.1. The van der Waals surface area contributed by atoms with E-state index < -0.39 is 11.6 Å². The summed E-state index contributed by atoms with van der Waals surface area (Å²) in [4.78, 5) is 4.34. The van der Waals surface area contributed by atoms with Crippen molar-refractivity contribution in [3.63, 3.8) is 0 Å². The number of rotatable bonds is 1. The standard InChI is InChI=1S/C14H10F2N2/c1-9-3-2-6-18-8-13(17-14(9)18)11-7-10(15)4-5-12(11)16/h2-8H,1H3. The molecule has 2 nitrogen and oxygen atoms in total. The number of imidazole rings is 1. The number of hydrogen-bond acceptors (Lipinski definition) is 1. The fourth-order valence-corrected chi connectivity index (χ4v) is 1.98. The van der Waals surface area contributed by atoms with Crippen molar-refractivity contribution in [3.8, 4) is 11.3 Å². The first-order chi connectivity index (χ1) is 8.65. The summed E-state index contributed by atoms with van der Waals surface area (Å²) in [6.07, 6.45) is 3.52. The molecule has 0 bridgehead atoms. The van der Waals surface area contributed by atoms with Crippen molar-refractivity contribution < 1.29 is 8.78 Å². The molecule has 2 heterocycles. The van der Waals surface area contributed by atoms with Crippen molar-refractivity contribution in [2.75, 3.05) is 0 Å². The molecule has 4 heteroatoms. The van der Waals surface area contributed by atoms with Crippen LogP contribution >= 0.6 is 0 Å². The maximum atomic E-state index is 13.7. The largest absolute Gasteiger partial charge is 0.306 e. The summed E-state index contributed by atoms with van der Waals surface area (Å²) in [5.74, 6) is -0.947. The van der Waals surface area contributed by atoms with E-state index >= 15 is 0 Å². The Morgan fingerprint density at radius 2 is 2.00 bits per heavy atom. The Morgan fingerprint density at radius 1 is 1.17 bits per heavy atom. The SMILES string of the molecule is Cc1cccn2cc(-c3cc(F)ccc3F)nc12. The van der Waals surface area contributed by atoms with Gasteiger partial charge in [-0.05, 0) is 36.8 Å². The lowest BCUT2D eigenvalue weighted by molar-refractivity contribution is 0.603. The Morgan fingerprint density at radius 3 is 2.78 bits per heavy atom. The highest BCUT2D eigenvalue weighted by Crippen LogP contribution is 2.24. The number of nitrogens with zero attached hydrogens (tertiary/aromatic N) is 2. The Hall–Kier alpha value is -2.23. The molecule has 3 aromatic rings. The number of benzene rings is 1. The Balaban J connectivity index is 2.26. The zero-order chi connectivity index (χ0) is 12.7. The summed E-state index contributed by atoms with van der Waals surface area (Å²) in [5.41, 5.74) is 2.34. The van der Waals surface area contributed by atoms with Gasteiger partial charge in [-0.1, -0.05) is 6.07 Å². The monoisotopic (exact) mass is 244 g/mol. The lowest BCUT2D eigenvalue weighted by atomic mass is 10.1. The van der Waals surface area contributed by atoms with E-state index in [1.54, 1.807) is 10.6 Å². The van der Waals surface area contributed by atoms with Crippen LogP contribution in [0.15, 0.2) is 42.7 Å². The topological polar surface area (TPSA) is 17.3 Å². The number of halogens is 2. The summed E-state index contributed by atoms with van der Waals surface area (Å²) in [5, 5.41) is 0. The fraction of sp³-hybridized carbons (Fsp3) is 0.0714. The van der Waals surface area contributed by atoms with E-state index in [9.17, 15) is 8.78 Å². The minimum absolute atomic E-state index is 0.179. The number of fused-ring (bicyclic) bond motifs is 1. The highest BCUT2D eigenvalue weighted by Gasteiger charge is 2.11. The van der Waals surface area contributed by atoms with Crippen molar-refractivity contribution in [1.29, 1.82) is 0 Å². The van der Waals surface area contributed by atoms with Crippen molar-refractivity contribution in [3.05, 3.63) is 59.9 Å². The fourth-order valence-electron chi connectivity index (χ4n) is 1.98. The summed E-state index contributed by atoms with van der Waals surface area (Å²) in [7, 11) is 0. The molecule has 90 valence electrons. The van der Waals surface area contributed by atoms with Crippen molar-refractivity contribution >= 4 is 5.65 Å². The molecule has 0 atom stereocenters. The predicted molar refractivity (Wildman–Crippen MR) is 65.3 cm³/mol. The third-order valence-corrected chi connectivity index (χ3v) is 2.88. The van der Waals surface area contributed by atoms with Crippen LogP contribution in [0.2, 0.25) is 0 Å². The van der Waals surface area contributed by atoms with Gasteiger partial charge in [0.15, 0.2) is 0 Å². The molecule has 0 spiro atoms. The smallest absolute Gasteiger partial charge is 0.140 e. The molecule has 1 aromatic carbocycles. The van der Waals surface area contributed by atoms with Gasteiger partial charge in [0.1, 0.15) is 17.3 Å². The third kappa shape index (κ3) is 1.66. The van der Waals surface area contributed by atoms with E-state index in [-0.39, 0.29) is 5.56 Å². The molecule has 0 saturated heterocycles. The third-order valence-electron chi connectivity index (χ3n) is 2.88. The molecule has 0 N–H and O–H groups in total. The van der Waals surface area contributed by atoms with E-state index in [1.165, 1.54) is 0 Å². The zero-order valence-electron chi connectivity index (χ0n) is 9.69. The van der Waals surface area contributed by atoms with E-state index in [2.05, 4.69) is 4.98 Å². The molecule has 0 aliphatic heterocycles. The van der Waals surface area contributed by atoms with Gasteiger partial charge in [-0.3, -0.25) is 0 Å². The van der Waals surface area contributed by atoms with Gasteiger partial charge < -0.3 is 4.40 Å². The molecular weight excluding hydrogens is 234 g/mol. The van der Waals surface area contributed by atoms with Crippen LogP contribution in [0.4, 0.5) is 8.78 Å². The van der Waals surface area contributed by atoms with E-state index in [0.29, 0.717) is 5.69 Å². The second-order valence-electron chi connectivity index (χ2n) is 4.17. The molecule has 0 radical (unpaired) electrons. The highest BCUT2D eigenvalue weighted by atomic mass is 19.1. The molecule has 0 saturated carbocycles. The Bertz CT molecular complexity index is 732. The second-order valence-corrected chi connectivity index (χ2v) is 4.17. The predicted octanol–water partition coefficient (Wildman–Crippen LogP) is 3.59. The first-order valence-electron chi connectivity index (χ1n) is 5.55. The number of pyridine rings is 1. The Labute approximate surface area is 103 Å². The van der Waals surface area contributed by atoms with Crippen LogP contribution < -0.4 is 0 Å². The van der Waals surface area contributed by atoms with Crippen molar-refractivity contribution in [2.24, 2.45) is 0 Å². The first kappa shape index (κ1) is 10.9.